The highest BCUT2D eigenvalue weighted by atomic mass is 32.2. The van der Waals surface area contributed by atoms with Gasteiger partial charge in [0.15, 0.2) is 5.16 Å². The Hall–Kier alpha value is -1.68. The van der Waals surface area contributed by atoms with Crippen LogP contribution in [0.5, 0.6) is 5.75 Å². The Labute approximate surface area is 118 Å². The lowest BCUT2D eigenvalue weighted by molar-refractivity contribution is 0.415. The van der Waals surface area contributed by atoms with Crippen LogP contribution in [0.3, 0.4) is 0 Å². The summed E-state index contributed by atoms with van der Waals surface area (Å²) < 4.78 is 7.33. The SMILES string of the molecule is C=C/C(=C\C)CSc1nc2cc(OC)ccc2n1C. The van der Waals surface area contributed by atoms with Gasteiger partial charge in [0.25, 0.3) is 0 Å². The summed E-state index contributed by atoms with van der Waals surface area (Å²) in [6.07, 6.45) is 3.96. The summed E-state index contributed by atoms with van der Waals surface area (Å²) in [7, 11) is 3.70. The predicted molar refractivity (Wildman–Crippen MR) is 81.9 cm³/mol. The van der Waals surface area contributed by atoms with Gasteiger partial charge in [-0.3, -0.25) is 0 Å². The highest BCUT2D eigenvalue weighted by Gasteiger charge is 2.09. The first kappa shape index (κ1) is 13.7. The molecule has 0 radical (unpaired) electrons. The maximum absolute atomic E-state index is 5.23. The molecular formula is C15H18N2OS. The fraction of sp³-hybridized carbons (Fsp3) is 0.267. The molecule has 0 bridgehead atoms. The number of fused-ring (bicyclic) bond motifs is 1. The van der Waals surface area contributed by atoms with E-state index >= 15 is 0 Å². The van der Waals surface area contributed by atoms with Gasteiger partial charge in [-0.05, 0) is 24.6 Å². The quantitative estimate of drug-likeness (QED) is 0.613. The molecule has 100 valence electrons. The number of imidazole rings is 1. The molecule has 0 aliphatic carbocycles. The molecule has 0 unspecified atom stereocenters. The lowest BCUT2D eigenvalue weighted by Gasteiger charge is -2.02. The standard InChI is InChI=1S/C15H18N2OS/c1-5-11(6-2)10-19-15-16-13-9-12(18-4)7-8-14(13)17(15)3/h5-9H,1,10H2,2-4H3/b11-6+. The molecule has 0 amide bonds. The Morgan fingerprint density at radius 2 is 2.32 bits per heavy atom. The number of aryl methyl sites for hydroxylation is 1. The average molecular weight is 274 g/mol. The van der Waals surface area contributed by atoms with Gasteiger partial charge in [0.2, 0.25) is 0 Å². The molecule has 0 N–H and O–H groups in total. The summed E-state index contributed by atoms with van der Waals surface area (Å²) in [5.74, 6) is 1.72. The number of nitrogens with zero attached hydrogens (tertiary/aromatic N) is 2. The Bertz CT molecular complexity index is 628. The molecule has 2 rings (SSSR count). The third-order valence-corrected chi connectivity index (χ3v) is 4.15. The molecule has 0 saturated heterocycles. The van der Waals surface area contributed by atoms with Crippen LogP contribution in [-0.4, -0.2) is 22.4 Å². The van der Waals surface area contributed by atoms with E-state index in [1.807, 2.05) is 38.2 Å². The van der Waals surface area contributed by atoms with Gasteiger partial charge >= 0.3 is 0 Å². The topological polar surface area (TPSA) is 27.1 Å². The first-order valence-electron chi connectivity index (χ1n) is 6.10. The van der Waals surface area contributed by atoms with Crippen LogP contribution in [0.4, 0.5) is 0 Å². The first-order chi connectivity index (χ1) is 9.19. The molecule has 0 saturated carbocycles. The van der Waals surface area contributed by atoms with Gasteiger partial charge in [0.05, 0.1) is 18.1 Å². The average Bonchev–Trinajstić information content (AvgIpc) is 2.76. The van der Waals surface area contributed by atoms with E-state index in [0.717, 1.165) is 27.7 Å². The summed E-state index contributed by atoms with van der Waals surface area (Å²) in [5, 5.41) is 1.00. The number of rotatable bonds is 5. The van der Waals surface area contributed by atoms with E-state index in [1.165, 1.54) is 5.57 Å². The number of thioether (sulfide) groups is 1. The summed E-state index contributed by atoms with van der Waals surface area (Å²) in [4.78, 5) is 4.65. The monoisotopic (exact) mass is 274 g/mol. The van der Waals surface area contributed by atoms with Crippen LogP contribution in [0.15, 0.2) is 47.7 Å². The van der Waals surface area contributed by atoms with Crippen molar-refractivity contribution in [1.82, 2.24) is 9.55 Å². The normalized spacial score (nSPS) is 11.8. The third-order valence-electron chi connectivity index (χ3n) is 3.05. The maximum Gasteiger partial charge on any atom is 0.169 e. The molecule has 2 aromatic rings. The van der Waals surface area contributed by atoms with E-state index in [1.54, 1.807) is 18.9 Å². The molecule has 0 spiro atoms. The summed E-state index contributed by atoms with van der Waals surface area (Å²) in [5.41, 5.74) is 3.29. The van der Waals surface area contributed by atoms with E-state index in [-0.39, 0.29) is 0 Å². The number of ether oxygens (including phenoxy) is 1. The highest BCUT2D eigenvalue weighted by Crippen LogP contribution is 2.26. The summed E-state index contributed by atoms with van der Waals surface area (Å²) in [6, 6.07) is 5.96. The number of aromatic nitrogens is 2. The molecule has 1 aromatic carbocycles. The fourth-order valence-electron chi connectivity index (χ4n) is 1.82. The van der Waals surface area contributed by atoms with Crippen molar-refractivity contribution in [1.29, 1.82) is 0 Å². The Morgan fingerprint density at radius 3 is 2.95 bits per heavy atom. The zero-order valence-corrected chi connectivity index (χ0v) is 12.3. The van der Waals surface area contributed by atoms with Crippen molar-refractivity contribution < 1.29 is 4.74 Å². The molecule has 0 aliphatic heterocycles. The lowest BCUT2D eigenvalue weighted by atomic mass is 10.3. The van der Waals surface area contributed by atoms with Crippen molar-refractivity contribution in [2.45, 2.75) is 12.1 Å². The zero-order valence-electron chi connectivity index (χ0n) is 11.5. The van der Waals surface area contributed by atoms with Gasteiger partial charge in [0, 0.05) is 18.9 Å². The van der Waals surface area contributed by atoms with Gasteiger partial charge in [-0.1, -0.05) is 30.5 Å². The van der Waals surface area contributed by atoms with Gasteiger partial charge in [0.1, 0.15) is 5.75 Å². The van der Waals surface area contributed by atoms with E-state index in [2.05, 4.69) is 22.2 Å². The molecule has 3 nitrogen and oxygen atoms in total. The molecule has 0 fully saturated rings. The zero-order chi connectivity index (χ0) is 13.8. The van der Waals surface area contributed by atoms with Crippen LogP contribution < -0.4 is 4.74 Å². The number of methoxy groups -OCH3 is 1. The molecular weight excluding hydrogens is 256 g/mol. The van der Waals surface area contributed by atoms with Crippen molar-refractivity contribution in [3.63, 3.8) is 0 Å². The number of allylic oxidation sites excluding steroid dienone is 2. The van der Waals surface area contributed by atoms with Crippen molar-refractivity contribution >= 4 is 22.8 Å². The largest absolute Gasteiger partial charge is 0.497 e. The van der Waals surface area contributed by atoms with Gasteiger partial charge in [-0.15, -0.1) is 0 Å². The van der Waals surface area contributed by atoms with E-state index in [0.29, 0.717) is 0 Å². The molecule has 1 aromatic heterocycles. The molecule has 0 atom stereocenters. The molecule has 0 aliphatic rings. The number of hydrogen-bond acceptors (Lipinski definition) is 3. The summed E-state index contributed by atoms with van der Waals surface area (Å²) >= 11 is 1.72. The lowest BCUT2D eigenvalue weighted by Crippen LogP contribution is -1.92. The molecule has 1 heterocycles. The second-order valence-electron chi connectivity index (χ2n) is 4.16. The minimum Gasteiger partial charge on any atom is -0.497 e. The van der Waals surface area contributed by atoms with Crippen molar-refractivity contribution in [3.8, 4) is 5.75 Å². The van der Waals surface area contributed by atoms with Crippen LogP contribution in [0.25, 0.3) is 11.0 Å². The van der Waals surface area contributed by atoms with E-state index in [4.69, 9.17) is 4.74 Å². The van der Waals surface area contributed by atoms with Crippen LogP contribution >= 0.6 is 11.8 Å². The third kappa shape index (κ3) is 2.84. The number of hydrogen-bond donors (Lipinski definition) is 0. The van der Waals surface area contributed by atoms with Gasteiger partial charge in [-0.25, -0.2) is 4.98 Å². The fourth-order valence-corrected chi connectivity index (χ4v) is 2.86. The van der Waals surface area contributed by atoms with Crippen LogP contribution in [0.2, 0.25) is 0 Å². The minimum atomic E-state index is 0.836. The van der Waals surface area contributed by atoms with Crippen LogP contribution in [-0.2, 0) is 7.05 Å². The van der Waals surface area contributed by atoms with Gasteiger partial charge in [-0.2, -0.15) is 0 Å². The Kier molecular flexibility index (Phi) is 4.32. The number of benzene rings is 1. The Balaban J connectivity index is 2.29. The first-order valence-corrected chi connectivity index (χ1v) is 7.09. The summed E-state index contributed by atoms with van der Waals surface area (Å²) in [6.45, 7) is 5.83. The van der Waals surface area contributed by atoms with E-state index < -0.39 is 0 Å². The Morgan fingerprint density at radius 1 is 1.53 bits per heavy atom. The second kappa shape index (κ2) is 5.97. The maximum atomic E-state index is 5.23. The van der Waals surface area contributed by atoms with E-state index in [9.17, 15) is 0 Å². The van der Waals surface area contributed by atoms with Crippen molar-refractivity contribution in [2.75, 3.05) is 12.9 Å². The molecule has 4 heteroatoms. The van der Waals surface area contributed by atoms with Gasteiger partial charge < -0.3 is 9.30 Å². The van der Waals surface area contributed by atoms with Crippen molar-refractivity contribution in [2.24, 2.45) is 7.05 Å². The van der Waals surface area contributed by atoms with Crippen LogP contribution in [0.1, 0.15) is 6.92 Å². The van der Waals surface area contributed by atoms with Crippen molar-refractivity contribution in [3.05, 3.63) is 42.5 Å². The van der Waals surface area contributed by atoms with Crippen LogP contribution in [0, 0.1) is 0 Å². The molecule has 19 heavy (non-hydrogen) atoms. The highest BCUT2D eigenvalue weighted by molar-refractivity contribution is 7.99. The minimum absolute atomic E-state index is 0.836. The second-order valence-corrected chi connectivity index (χ2v) is 5.11. The predicted octanol–water partition coefficient (Wildman–Crippen LogP) is 3.81. The smallest absolute Gasteiger partial charge is 0.169 e.